The Morgan fingerprint density at radius 2 is 1.07 bits per heavy atom. The minimum atomic E-state index is -2.70. The fourth-order valence-electron chi connectivity index (χ4n) is 6.45. The largest absolute Gasteiger partial charge is 0.405 e. The van der Waals surface area contributed by atoms with Crippen molar-refractivity contribution in [3.8, 4) is 0 Å². The Morgan fingerprint density at radius 3 is 1.58 bits per heavy atom. The van der Waals surface area contributed by atoms with Crippen LogP contribution in [0.2, 0.25) is 5.04 Å². The molecule has 6 heteroatoms. The van der Waals surface area contributed by atoms with Crippen LogP contribution in [0.1, 0.15) is 31.9 Å². The smallest absolute Gasteiger partial charge is 0.261 e. The number of hydrogen-bond acceptors (Lipinski definition) is 5. The molecule has 0 N–H and O–H groups in total. The molecular formula is C39H50N2O3Si. The summed E-state index contributed by atoms with van der Waals surface area (Å²) in [6.45, 7) is 14.6. The Bertz CT molecular complexity index is 1340. The molecule has 238 valence electrons. The van der Waals surface area contributed by atoms with Gasteiger partial charge >= 0.3 is 0 Å². The standard InChI is InChI=1S/C39H50N2O3Si/c1-39(2,3)45(37-20-12-6-13-21-37,38-22-14-7-15-23-38)44-33-36-32-41(31-35-18-10-5-11-19-35)25-28-42-27-24-40(26-29-43-36)30-34-16-8-4-9-17-34/h4-23,36H,24-33H2,1-3H3/t36-/m0/s1. The van der Waals surface area contributed by atoms with Crippen molar-refractivity contribution in [1.82, 2.24) is 9.80 Å². The van der Waals surface area contributed by atoms with Gasteiger partial charge in [0.15, 0.2) is 0 Å². The third-order valence-electron chi connectivity index (χ3n) is 8.73. The molecule has 4 aromatic carbocycles. The lowest BCUT2D eigenvalue weighted by Gasteiger charge is -2.44. The third-order valence-corrected chi connectivity index (χ3v) is 13.7. The lowest BCUT2D eigenvalue weighted by Crippen LogP contribution is -2.67. The first-order chi connectivity index (χ1) is 21.9. The van der Waals surface area contributed by atoms with Crippen molar-refractivity contribution in [1.29, 1.82) is 0 Å². The SMILES string of the molecule is CC(C)(C)[Si](OC[C@@H]1CN(Cc2ccccc2)CCOCCN(Cc2ccccc2)CCO1)(c1ccccc1)c1ccccc1. The van der Waals surface area contributed by atoms with Gasteiger partial charge in [0.2, 0.25) is 0 Å². The van der Waals surface area contributed by atoms with E-state index in [0.29, 0.717) is 26.4 Å². The van der Waals surface area contributed by atoms with Crippen molar-refractivity contribution in [3.63, 3.8) is 0 Å². The summed E-state index contributed by atoms with van der Waals surface area (Å²) in [5.41, 5.74) is 2.61. The van der Waals surface area contributed by atoms with Gasteiger partial charge in [-0.25, -0.2) is 0 Å². The predicted molar refractivity (Wildman–Crippen MR) is 188 cm³/mol. The summed E-state index contributed by atoms with van der Waals surface area (Å²) in [4.78, 5) is 4.91. The molecule has 5 rings (SSSR count). The summed E-state index contributed by atoms with van der Waals surface area (Å²) in [7, 11) is -2.70. The van der Waals surface area contributed by atoms with E-state index >= 15 is 0 Å². The molecule has 1 fully saturated rings. The molecule has 5 nitrogen and oxygen atoms in total. The van der Waals surface area contributed by atoms with Crippen LogP contribution >= 0.6 is 0 Å². The van der Waals surface area contributed by atoms with E-state index in [1.165, 1.54) is 21.5 Å². The highest BCUT2D eigenvalue weighted by Crippen LogP contribution is 2.37. The van der Waals surface area contributed by atoms with E-state index < -0.39 is 8.32 Å². The summed E-state index contributed by atoms with van der Waals surface area (Å²) in [5, 5.41) is 2.49. The molecule has 0 spiro atoms. The fraction of sp³-hybridized carbons (Fsp3) is 0.385. The normalized spacial score (nSPS) is 18.2. The molecule has 0 saturated carbocycles. The van der Waals surface area contributed by atoms with Crippen LogP contribution < -0.4 is 10.4 Å². The molecule has 0 radical (unpaired) electrons. The van der Waals surface area contributed by atoms with Gasteiger partial charge in [0.05, 0.1) is 32.5 Å². The Hall–Kier alpha value is -3.10. The van der Waals surface area contributed by atoms with E-state index in [1.54, 1.807) is 0 Å². The van der Waals surface area contributed by atoms with Crippen LogP contribution in [0.25, 0.3) is 0 Å². The monoisotopic (exact) mass is 622 g/mol. The predicted octanol–water partition coefficient (Wildman–Crippen LogP) is 5.98. The van der Waals surface area contributed by atoms with Gasteiger partial charge in [-0.1, -0.05) is 142 Å². The molecule has 0 bridgehead atoms. The number of ether oxygens (including phenoxy) is 2. The Labute approximate surface area is 271 Å². The second-order valence-corrected chi connectivity index (χ2v) is 17.4. The minimum absolute atomic E-state index is 0.0895. The zero-order valence-electron chi connectivity index (χ0n) is 27.3. The molecule has 1 aliphatic heterocycles. The molecule has 4 aromatic rings. The lowest BCUT2D eigenvalue weighted by molar-refractivity contribution is -0.0279. The highest BCUT2D eigenvalue weighted by molar-refractivity contribution is 6.99. The van der Waals surface area contributed by atoms with Crippen LogP contribution in [-0.4, -0.2) is 76.8 Å². The van der Waals surface area contributed by atoms with Gasteiger partial charge in [-0.15, -0.1) is 0 Å². The van der Waals surface area contributed by atoms with Crippen LogP contribution in [-0.2, 0) is 27.0 Å². The quantitative estimate of drug-likeness (QED) is 0.215. The van der Waals surface area contributed by atoms with Gasteiger partial charge in [-0.3, -0.25) is 9.80 Å². The highest BCUT2D eigenvalue weighted by atomic mass is 28.4. The van der Waals surface area contributed by atoms with Gasteiger partial charge in [-0.2, -0.15) is 0 Å². The van der Waals surface area contributed by atoms with Crippen molar-refractivity contribution in [2.45, 2.75) is 45.0 Å². The third kappa shape index (κ3) is 9.23. The number of hydrogen-bond donors (Lipinski definition) is 0. The first-order valence-electron chi connectivity index (χ1n) is 16.4. The summed E-state index contributed by atoms with van der Waals surface area (Å²) in [5.74, 6) is 0. The van der Waals surface area contributed by atoms with Gasteiger partial charge < -0.3 is 13.9 Å². The maximum atomic E-state index is 7.39. The average Bonchev–Trinajstić information content (AvgIpc) is 3.05. The summed E-state index contributed by atoms with van der Waals surface area (Å²) < 4.78 is 20.4. The Morgan fingerprint density at radius 1 is 0.622 bits per heavy atom. The molecular weight excluding hydrogens is 573 g/mol. The summed E-state index contributed by atoms with van der Waals surface area (Å²) in [6.07, 6.45) is -0.0895. The lowest BCUT2D eigenvalue weighted by atomic mass is 10.2. The second kappa shape index (κ2) is 16.5. The van der Waals surface area contributed by atoms with Crippen LogP contribution in [0, 0.1) is 0 Å². The maximum Gasteiger partial charge on any atom is 0.261 e. The highest BCUT2D eigenvalue weighted by Gasteiger charge is 2.50. The van der Waals surface area contributed by atoms with E-state index in [0.717, 1.165) is 39.3 Å². The van der Waals surface area contributed by atoms with Crippen LogP contribution in [0.15, 0.2) is 121 Å². The van der Waals surface area contributed by atoms with E-state index in [2.05, 4.69) is 152 Å². The zero-order valence-corrected chi connectivity index (χ0v) is 28.3. The molecule has 1 atom stereocenters. The van der Waals surface area contributed by atoms with E-state index in [1.807, 2.05) is 0 Å². The molecule has 0 amide bonds. The van der Waals surface area contributed by atoms with Crippen molar-refractivity contribution in [2.24, 2.45) is 0 Å². The van der Waals surface area contributed by atoms with Crippen LogP contribution in [0.4, 0.5) is 0 Å². The zero-order chi connectivity index (χ0) is 31.4. The number of rotatable bonds is 9. The van der Waals surface area contributed by atoms with Gasteiger partial charge in [0.25, 0.3) is 8.32 Å². The molecule has 1 heterocycles. The van der Waals surface area contributed by atoms with Crippen molar-refractivity contribution in [3.05, 3.63) is 132 Å². The van der Waals surface area contributed by atoms with Crippen molar-refractivity contribution in [2.75, 3.05) is 52.6 Å². The van der Waals surface area contributed by atoms with Crippen LogP contribution in [0.3, 0.4) is 0 Å². The molecule has 1 saturated heterocycles. The summed E-state index contributed by atoms with van der Waals surface area (Å²) in [6, 6.07) is 43.2. The molecule has 45 heavy (non-hydrogen) atoms. The molecule has 1 aliphatic rings. The van der Waals surface area contributed by atoms with Crippen molar-refractivity contribution >= 4 is 18.7 Å². The first-order valence-corrected chi connectivity index (χ1v) is 18.3. The second-order valence-electron chi connectivity index (χ2n) is 13.1. The Kier molecular flexibility index (Phi) is 12.2. The van der Waals surface area contributed by atoms with Gasteiger partial charge in [-0.05, 0) is 26.5 Å². The first kappa shape index (κ1) is 33.3. The average molecular weight is 623 g/mol. The summed E-state index contributed by atoms with van der Waals surface area (Å²) >= 11 is 0. The fourth-order valence-corrected chi connectivity index (χ4v) is 11.0. The van der Waals surface area contributed by atoms with Gasteiger partial charge in [0, 0.05) is 39.3 Å². The van der Waals surface area contributed by atoms with E-state index in [4.69, 9.17) is 13.9 Å². The topological polar surface area (TPSA) is 34.2 Å². The van der Waals surface area contributed by atoms with E-state index in [9.17, 15) is 0 Å². The molecule has 0 aromatic heterocycles. The number of benzene rings is 4. The van der Waals surface area contributed by atoms with Gasteiger partial charge in [0.1, 0.15) is 0 Å². The number of nitrogens with zero attached hydrogens (tertiary/aromatic N) is 2. The molecule has 0 unspecified atom stereocenters. The van der Waals surface area contributed by atoms with E-state index in [-0.39, 0.29) is 11.1 Å². The van der Waals surface area contributed by atoms with Crippen LogP contribution in [0.5, 0.6) is 0 Å². The Balaban J connectivity index is 1.40. The maximum absolute atomic E-state index is 7.39. The minimum Gasteiger partial charge on any atom is -0.405 e. The van der Waals surface area contributed by atoms with Crippen molar-refractivity contribution < 1.29 is 13.9 Å². The molecule has 0 aliphatic carbocycles.